The fraction of sp³-hybridized carbons (Fsp3) is 0.765. The molecule has 1 fully saturated rings. The maximum Gasteiger partial charge on any atom is 0.135 e. The Bertz CT molecular complexity index is 462. The van der Waals surface area contributed by atoms with Crippen molar-refractivity contribution in [3.05, 3.63) is 11.4 Å². The Morgan fingerprint density at radius 1 is 1.14 bits per heavy atom. The minimum atomic E-state index is 0.299. The summed E-state index contributed by atoms with van der Waals surface area (Å²) in [6.07, 6.45) is 6.76. The standard InChI is InChI=1S/C17H30N4/c1-5-13-6-8-14(9-7-13)10-19-17-12(4)15(18)20-16(21-17)11(2)3/h11,13-14H,5-10H2,1-4H3,(H3,18,19,20,21). The largest absolute Gasteiger partial charge is 0.383 e. The molecular formula is C17H30N4. The van der Waals surface area contributed by atoms with Gasteiger partial charge in [-0.1, -0.05) is 40.0 Å². The van der Waals surface area contributed by atoms with Gasteiger partial charge in [-0.2, -0.15) is 0 Å². The Kier molecular flexibility index (Phi) is 5.43. The van der Waals surface area contributed by atoms with Crippen molar-refractivity contribution in [2.24, 2.45) is 11.8 Å². The van der Waals surface area contributed by atoms with Crippen molar-refractivity contribution in [1.82, 2.24) is 9.97 Å². The van der Waals surface area contributed by atoms with E-state index in [0.29, 0.717) is 11.7 Å². The van der Waals surface area contributed by atoms with Gasteiger partial charge in [0.05, 0.1) is 0 Å². The smallest absolute Gasteiger partial charge is 0.135 e. The maximum absolute atomic E-state index is 6.01. The van der Waals surface area contributed by atoms with Gasteiger partial charge in [-0.25, -0.2) is 9.97 Å². The molecule has 0 radical (unpaired) electrons. The lowest BCUT2D eigenvalue weighted by atomic mass is 9.81. The summed E-state index contributed by atoms with van der Waals surface area (Å²) in [5, 5.41) is 3.52. The summed E-state index contributed by atoms with van der Waals surface area (Å²) in [5.74, 6) is 4.37. The molecule has 1 aromatic heterocycles. The van der Waals surface area contributed by atoms with Gasteiger partial charge in [0.2, 0.25) is 0 Å². The second-order valence-corrected chi connectivity index (χ2v) is 6.77. The van der Waals surface area contributed by atoms with Gasteiger partial charge in [0.25, 0.3) is 0 Å². The van der Waals surface area contributed by atoms with E-state index in [9.17, 15) is 0 Å². The molecule has 2 rings (SSSR count). The van der Waals surface area contributed by atoms with Crippen molar-refractivity contribution in [3.8, 4) is 0 Å². The number of nitrogen functional groups attached to an aromatic ring is 1. The SMILES string of the molecule is CCC1CCC(CNc2nc(C(C)C)nc(N)c2C)CC1. The molecular weight excluding hydrogens is 260 g/mol. The highest BCUT2D eigenvalue weighted by Gasteiger charge is 2.20. The molecule has 0 amide bonds. The third kappa shape index (κ3) is 4.08. The lowest BCUT2D eigenvalue weighted by Crippen LogP contribution is -2.22. The third-order valence-electron chi connectivity index (χ3n) is 4.82. The lowest BCUT2D eigenvalue weighted by molar-refractivity contribution is 0.278. The number of hydrogen-bond acceptors (Lipinski definition) is 4. The van der Waals surface area contributed by atoms with Gasteiger partial charge in [0, 0.05) is 18.0 Å². The molecule has 3 N–H and O–H groups in total. The first-order valence-electron chi connectivity index (χ1n) is 8.39. The second kappa shape index (κ2) is 7.10. The average molecular weight is 290 g/mol. The quantitative estimate of drug-likeness (QED) is 0.856. The van der Waals surface area contributed by atoms with Gasteiger partial charge in [0.1, 0.15) is 17.5 Å². The molecule has 1 aliphatic carbocycles. The van der Waals surface area contributed by atoms with Crippen LogP contribution in [-0.4, -0.2) is 16.5 Å². The highest BCUT2D eigenvalue weighted by atomic mass is 15.1. The summed E-state index contributed by atoms with van der Waals surface area (Å²) in [4.78, 5) is 9.02. The van der Waals surface area contributed by atoms with E-state index in [2.05, 4.69) is 36.1 Å². The van der Waals surface area contributed by atoms with Gasteiger partial charge in [0.15, 0.2) is 0 Å². The average Bonchev–Trinajstić information content (AvgIpc) is 2.49. The lowest BCUT2D eigenvalue weighted by Gasteiger charge is -2.28. The number of anilines is 2. The highest BCUT2D eigenvalue weighted by Crippen LogP contribution is 2.31. The Labute approximate surface area is 128 Å². The molecule has 0 aromatic carbocycles. The van der Waals surface area contributed by atoms with E-state index in [4.69, 9.17) is 5.73 Å². The Morgan fingerprint density at radius 3 is 2.33 bits per heavy atom. The van der Waals surface area contributed by atoms with Gasteiger partial charge < -0.3 is 11.1 Å². The molecule has 118 valence electrons. The van der Waals surface area contributed by atoms with Crippen LogP contribution >= 0.6 is 0 Å². The molecule has 1 heterocycles. The van der Waals surface area contributed by atoms with Crippen LogP contribution in [0.3, 0.4) is 0 Å². The molecule has 4 nitrogen and oxygen atoms in total. The second-order valence-electron chi connectivity index (χ2n) is 6.77. The zero-order chi connectivity index (χ0) is 15.4. The first kappa shape index (κ1) is 16.1. The highest BCUT2D eigenvalue weighted by molar-refractivity contribution is 5.55. The molecule has 1 aromatic rings. The zero-order valence-corrected chi connectivity index (χ0v) is 13.9. The topological polar surface area (TPSA) is 63.8 Å². The van der Waals surface area contributed by atoms with Crippen molar-refractivity contribution < 1.29 is 0 Å². The number of nitrogens with one attached hydrogen (secondary N) is 1. The van der Waals surface area contributed by atoms with Crippen LogP contribution in [0.5, 0.6) is 0 Å². The van der Waals surface area contributed by atoms with E-state index in [1.165, 1.54) is 32.1 Å². The molecule has 0 atom stereocenters. The molecule has 4 heteroatoms. The van der Waals surface area contributed by atoms with Crippen LogP contribution < -0.4 is 11.1 Å². The summed E-state index contributed by atoms with van der Waals surface area (Å²) in [7, 11) is 0. The van der Waals surface area contributed by atoms with Crippen molar-refractivity contribution in [2.75, 3.05) is 17.6 Å². The third-order valence-corrected chi connectivity index (χ3v) is 4.82. The number of hydrogen-bond donors (Lipinski definition) is 2. The van der Waals surface area contributed by atoms with Gasteiger partial charge >= 0.3 is 0 Å². The van der Waals surface area contributed by atoms with Gasteiger partial charge in [-0.15, -0.1) is 0 Å². The number of nitrogens with zero attached hydrogens (tertiary/aromatic N) is 2. The van der Waals surface area contributed by atoms with E-state index < -0.39 is 0 Å². The summed E-state index contributed by atoms with van der Waals surface area (Å²) in [5.41, 5.74) is 6.99. The van der Waals surface area contributed by atoms with Crippen molar-refractivity contribution >= 4 is 11.6 Å². The van der Waals surface area contributed by atoms with Crippen LogP contribution in [-0.2, 0) is 0 Å². The molecule has 0 unspecified atom stereocenters. The van der Waals surface area contributed by atoms with Crippen LogP contribution in [0, 0.1) is 18.8 Å². The van der Waals surface area contributed by atoms with Crippen LogP contribution in [0.15, 0.2) is 0 Å². The summed E-state index contributed by atoms with van der Waals surface area (Å²) in [6, 6.07) is 0. The Morgan fingerprint density at radius 2 is 1.76 bits per heavy atom. The monoisotopic (exact) mass is 290 g/mol. The Balaban J connectivity index is 1.97. The molecule has 0 aliphatic heterocycles. The van der Waals surface area contributed by atoms with E-state index in [1.807, 2.05) is 6.92 Å². The number of aromatic nitrogens is 2. The number of nitrogens with two attached hydrogens (primary N) is 1. The van der Waals surface area contributed by atoms with E-state index in [1.54, 1.807) is 0 Å². The Hall–Kier alpha value is -1.32. The molecule has 1 aliphatic rings. The van der Waals surface area contributed by atoms with Crippen molar-refractivity contribution in [3.63, 3.8) is 0 Å². The normalized spacial score (nSPS) is 22.5. The first-order chi connectivity index (χ1) is 10.0. The number of rotatable bonds is 5. The van der Waals surface area contributed by atoms with Crippen LogP contribution in [0.25, 0.3) is 0 Å². The fourth-order valence-electron chi connectivity index (χ4n) is 3.07. The first-order valence-corrected chi connectivity index (χ1v) is 8.39. The van der Waals surface area contributed by atoms with Crippen molar-refractivity contribution in [2.45, 2.75) is 65.7 Å². The summed E-state index contributed by atoms with van der Waals surface area (Å²) >= 11 is 0. The minimum absolute atomic E-state index is 0.299. The van der Waals surface area contributed by atoms with Crippen LogP contribution in [0.1, 0.15) is 70.2 Å². The molecule has 21 heavy (non-hydrogen) atoms. The van der Waals surface area contributed by atoms with Gasteiger partial charge in [-0.3, -0.25) is 0 Å². The van der Waals surface area contributed by atoms with Crippen LogP contribution in [0.2, 0.25) is 0 Å². The summed E-state index contributed by atoms with van der Waals surface area (Å²) in [6.45, 7) is 9.50. The predicted octanol–water partition coefficient (Wildman–Crippen LogP) is 4.12. The maximum atomic E-state index is 6.01. The van der Waals surface area contributed by atoms with E-state index >= 15 is 0 Å². The minimum Gasteiger partial charge on any atom is -0.383 e. The molecule has 1 saturated carbocycles. The van der Waals surface area contributed by atoms with E-state index in [-0.39, 0.29) is 0 Å². The predicted molar refractivity (Wildman–Crippen MR) is 89.5 cm³/mol. The zero-order valence-electron chi connectivity index (χ0n) is 13.9. The molecule has 0 bridgehead atoms. The molecule has 0 spiro atoms. The van der Waals surface area contributed by atoms with Gasteiger partial charge in [-0.05, 0) is 31.6 Å². The molecule has 0 saturated heterocycles. The summed E-state index contributed by atoms with van der Waals surface area (Å²) < 4.78 is 0. The van der Waals surface area contributed by atoms with Crippen LogP contribution in [0.4, 0.5) is 11.6 Å². The van der Waals surface area contributed by atoms with E-state index in [0.717, 1.165) is 35.6 Å². The van der Waals surface area contributed by atoms with Crippen molar-refractivity contribution in [1.29, 1.82) is 0 Å². The fourth-order valence-corrected chi connectivity index (χ4v) is 3.07.